The van der Waals surface area contributed by atoms with Crippen molar-refractivity contribution in [3.63, 3.8) is 0 Å². The van der Waals surface area contributed by atoms with Crippen molar-refractivity contribution in [2.75, 3.05) is 30.0 Å². The molecule has 0 atom stereocenters. The van der Waals surface area contributed by atoms with E-state index in [0.717, 1.165) is 12.8 Å². The molecule has 1 N–H and O–H groups in total. The third kappa shape index (κ3) is 5.06. The summed E-state index contributed by atoms with van der Waals surface area (Å²) in [6, 6.07) is 11.2. The largest absolute Gasteiger partial charge is 0.322 e. The first-order valence-corrected chi connectivity index (χ1v) is 10.8. The number of carbonyl (C=O) groups is 3. The Bertz CT molecular complexity index is 1030. The van der Waals surface area contributed by atoms with Gasteiger partial charge in [0.25, 0.3) is 0 Å². The van der Waals surface area contributed by atoms with E-state index in [4.69, 9.17) is 34.8 Å². The van der Waals surface area contributed by atoms with E-state index in [9.17, 15) is 14.4 Å². The van der Waals surface area contributed by atoms with Gasteiger partial charge in [-0.2, -0.15) is 0 Å². The van der Waals surface area contributed by atoms with Crippen molar-refractivity contribution in [3.8, 4) is 0 Å². The Morgan fingerprint density at radius 2 is 1.74 bits per heavy atom. The van der Waals surface area contributed by atoms with Gasteiger partial charge in [-0.05, 0) is 55.3 Å². The molecule has 10 heteroatoms. The molecule has 1 aliphatic carbocycles. The van der Waals surface area contributed by atoms with Gasteiger partial charge in [-0.3, -0.25) is 14.5 Å². The maximum Gasteiger partial charge on any atom is 0.322 e. The van der Waals surface area contributed by atoms with Crippen molar-refractivity contribution < 1.29 is 14.4 Å². The quantitative estimate of drug-likeness (QED) is 0.684. The van der Waals surface area contributed by atoms with Crippen LogP contribution >= 0.6 is 34.8 Å². The molecule has 1 saturated heterocycles. The molecule has 7 nitrogen and oxygen atoms in total. The Morgan fingerprint density at radius 1 is 1.03 bits per heavy atom. The molecule has 4 rings (SSSR count). The van der Waals surface area contributed by atoms with Gasteiger partial charge < -0.3 is 15.1 Å². The van der Waals surface area contributed by atoms with Crippen LogP contribution in [0.3, 0.4) is 0 Å². The summed E-state index contributed by atoms with van der Waals surface area (Å²) in [7, 11) is 0. The molecule has 0 unspecified atom stereocenters. The molecule has 1 heterocycles. The molecule has 0 aromatic heterocycles. The summed E-state index contributed by atoms with van der Waals surface area (Å²) >= 11 is 17.8. The number of amides is 4. The first-order valence-electron chi connectivity index (χ1n) is 9.68. The highest BCUT2D eigenvalue weighted by Gasteiger charge is 2.37. The van der Waals surface area contributed by atoms with Gasteiger partial charge in [-0.25, -0.2) is 4.79 Å². The standard InChI is InChI=1S/C21H19Cl3N4O3/c22-13-1-4-16(5-2-13)28-12-26(10-20(28)30)19(29)11-27(15-6-7-15)21(31)25-14-3-8-17(23)18(24)9-14/h1-5,8-9,15H,6-7,10-12H2,(H,25,31). The Morgan fingerprint density at radius 3 is 2.39 bits per heavy atom. The first kappa shape index (κ1) is 21.7. The fraction of sp³-hybridized carbons (Fsp3) is 0.286. The molecule has 4 amide bonds. The highest BCUT2D eigenvalue weighted by Crippen LogP contribution is 2.29. The minimum Gasteiger partial charge on any atom is -0.314 e. The van der Waals surface area contributed by atoms with Gasteiger partial charge in [0, 0.05) is 22.4 Å². The van der Waals surface area contributed by atoms with Crippen molar-refractivity contribution in [1.29, 1.82) is 0 Å². The zero-order valence-corrected chi connectivity index (χ0v) is 18.6. The number of anilines is 2. The van der Waals surface area contributed by atoms with E-state index in [2.05, 4.69) is 5.32 Å². The normalized spacial score (nSPS) is 15.9. The Kier molecular flexibility index (Phi) is 6.27. The molecule has 31 heavy (non-hydrogen) atoms. The minimum absolute atomic E-state index is 0.00241. The number of rotatable bonds is 5. The molecule has 2 aromatic carbocycles. The monoisotopic (exact) mass is 480 g/mol. The molecule has 0 bridgehead atoms. The van der Waals surface area contributed by atoms with Gasteiger partial charge in [0.05, 0.1) is 10.0 Å². The van der Waals surface area contributed by atoms with Crippen LogP contribution in [0.2, 0.25) is 15.1 Å². The van der Waals surface area contributed by atoms with Gasteiger partial charge in [0.1, 0.15) is 19.8 Å². The first-order chi connectivity index (χ1) is 14.8. The topological polar surface area (TPSA) is 73.0 Å². The van der Waals surface area contributed by atoms with Gasteiger partial charge in [-0.1, -0.05) is 34.8 Å². The average molecular weight is 482 g/mol. The third-order valence-electron chi connectivity index (χ3n) is 5.16. The Labute approximate surface area is 194 Å². The molecular formula is C21H19Cl3N4O3. The fourth-order valence-corrected chi connectivity index (χ4v) is 3.75. The smallest absolute Gasteiger partial charge is 0.314 e. The molecule has 1 saturated carbocycles. The van der Waals surface area contributed by atoms with E-state index in [1.165, 1.54) is 14.7 Å². The highest BCUT2D eigenvalue weighted by molar-refractivity contribution is 6.42. The second-order valence-electron chi connectivity index (χ2n) is 7.45. The van der Waals surface area contributed by atoms with Crippen molar-refractivity contribution in [2.24, 2.45) is 0 Å². The van der Waals surface area contributed by atoms with Gasteiger partial charge in [-0.15, -0.1) is 0 Å². The molecule has 162 valence electrons. The summed E-state index contributed by atoms with van der Waals surface area (Å²) in [4.78, 5) is 42.6. The summed E-state index contributed by atoms with van der Waals surface area (Å²) in [5, 5.41) is 4.04. The second-order valence-corrected chi connectivity index (χ2v) is 8.70. The lowest BCUT2D eigenvalue weighted by Crippen LogP contribution is -2.45. The van der Waals surface area contributed by atoms with E-state index in [-0.39, 0.29) is 37.6 Å². The van der Waals surface area contributed by atoms with E-state index in [0.29, 0.717) is 26.4 Å². The molecule has 0 spiro atoms. The van der Waals surface area contributed by atoms with Gasteiger partial charge >= 0.3 is 6.03 Å². The summed E-state index contributed by atoms with van der Waals surface area (Å²) in [5.74, 6) is -0.477. The van der Waals surface area contributed by atoms with Crippen LogP contribution in [0.1, 0.15) is 12.8 Å². The molecule has 1 aliphatic heterocycles. The third-order valence-corrected chi connectivity index (χ3v) is 6.15. The predicted octanol–water partition coefficient (Wildman–Crippen LogP) is 4.48. The lowest BCUT2D eigenvalue weighted by atomic mass is 10.3. The summed E-state index contributed by atoms with van der Waals surface area (Å²) in [6.45, 7) is -0.0137. The minimum atomic E-state index is -0.394. The Balaban J connectivity index is 1.40. The number of carbonyl (C=O) groups excluding carboxylic acids is 3. The van der Waals surface area contributed by atoms with E-state index in [1.807, 2.05) is 0 Å². The van der Waals surface area contributed by atoms with E-state index in [1.54, 1.807) is 42.5 Å². The van der Waals surface area contributed by atoms with Crippen LogP contribution in [0, 0.1) is 0 Å². The summed E-state index contributed by atoms with van der Waals surface area (Å²) in [6.07, 6.45) is 1.66. The molecule has 2 aliphatic rings. The maximum absolute atomic E-state index is 12.9. The average Bonchev–Trinajstić information content (AvgIpc) is 3.50. The van der Waals surface area contributed by atoms with Crippen LogP contribution in [0.5, 0.6) is 0 Å². The maximum atomic E-state index is 12.9. The molecular weight excluding hydrogens is 463 g/mol. The number of halogens is 3. The van der Waals surface area contributed by atoms with E-state index >= 15 is 0 Å². The van der Waals surface area contributed by atoms with Crippen LogP contribution in [0.15, 0.2) is 42.5 Å². The number of hydrogen-bond acceptors (Lipinski definition) is 3. The number of nitrogens with zero attached hydrogens (tertiary/aromatic N) is 3. The van der Waals surface area contributed by atoms with Crippen LogP contribution in [-0.2, 0) is 9.59 Å². The highest BCUT2D eigenvalue weighted by atomic mass is 35.5. The predicted molar refractivity (Wildman–Crippen MR) is 121 cm³/mol. The van der Waals surface area contributed by atoms with Gasteiger partial charge in [0.2, 0.25) is 11.8 Å². The lowest BCUT2D eigenvalue weighted by Gasteiger charge is -2.25. The SMILES string of the molecule is O=C(CN(C(=O)Nc1ccc(Cl)c(Cl)c1)C1CC1)N1CC(=O)N(c2ccc(Cl)cc2)C1. The van der Waals surface area contributed by atoms with Crippen molar-refractivity contribution in [2.45, 2.75) is 18.9 Å². The summed E-state index contributed by atoms with van der Waals surface area (Å²) in [5.41, 5.74) is 1.16. The Hall–Kier alpha value is -2.48. The van der Waals surface area contributed by atoms with Crippen LogP contribution in [0.4, 0.5) is 16.2 Å². The fourth-order valence-electron chi connectivity index (χ4n) is 3.33. The number of benzene rings is 2. The number of nitrogens with one attached hydrogen (secondary N) is 1. The molecule has 0 radical (unpaired) electrons. The molecule has 2 fully saturated rings. The molecule has 2 aromatic rings. The zero-order valence-electron chi connectivity index (χ0n) is 16.4. The van der Waals surface area contributed by atoms with E-state index < -0.39 is 6.03 Å². The number of urea groups is 1. The van der Waals surface area contributed by atoms with Crippen molar-refractivity contribution in [1.82, 2.24) is 9.80 Å². The van der Waals surface area contributed by atoms with Gasteiger partial charge in [0.15, 0.2) is 0 Å². The van der Waals surface area contributed by atoms with Crippen LogP contribution < -0.4 is 10.2 Å². The van der Waals surface area contributed by atoms with Crippen molar-refractivity contribution in [3.05, 3.63) is 57.5 Å². The number of hydrogen-bond donors (Lipinski definition) is 1. The van der Waals surface area contributed by atoms with Crippen LogP contribution in [0.25, 0.3) is 0 Å². The lowest BCUT2D eigenvalue weighted by molar-refractivity contribution is -0.132. The zero-order chi connectivity index (χ0) is 22.1. The summed E-state index contributed by atoms with van der Waals surface area (Å²) < 4.78 is 0. The second kappa shape index (κ2) is 8.94. The van der Waals surface area contributed by atoms with Crippen LogP contribution in [-0.4, -0.2) is 53.4 Å². The van der Waals surface area contributed by atoms with Crippen molar-refractivity contribution >= 4 is 64.0 Å².